The third-order valence-corrected chi connectivity index (χ3v) is 3.91. The Morgan fingerprint density at radius 1 is 1.25 bits per heavy atom. The third-order valence-electron chi connectivity index (χ3n) is 3.91. The number of rotatable bonds is 5. The molecule has 0 aliphatic carbocycles. The van der Waals surface area contributed by atoms with Gasteiger partial charge in [-0.2, -0.15) is 0 Å². The summed E-state index contributed by atoms with van der Waals surface area (Å²) in [6.07, 6.45) is 1.57. The minimum atomic E-state index is 0.0382. The first kappa shape index (κ1) is 14.7. The lowest BCUT2D eigenvalue weighted by atomic mass is 10.0. The number of nitrogens with zero attached hydrogens (tertiary/aromatic N) is 1. The second-order valence-corrected chi connectivity index (χ2v) is 5.44. The summed E-state index contributed by atoms with van der Waals surface area (Å²) in [5.74, 6) is 0.0930. The molecule has 4 heteroatoms. The summed E-state index contributed by atoms with van der Waals surface area (Å²) in [5.41, 5.74) is 1.82. The van der Waals surface area contributed by atoms with E-state index in [0.717, 1.165) is 25.1 Å². The number of likely N-dealkylation sites (N-methyl/N-ethyl adjacent to an activating group) is 1. The first-order chi connectivity index (χ1) is 9.58. The lowest BCUT2D eigenvalue weighted by Gasteiger charge is -2.23. The summed E-state index contributed by atoms with van der Waals surface area (Å²) in [6, 6.07) is 7.77. The van der Waals surface area contributed by atoms with Gasteiger partial charge in [0.2, 0.25) is 5.91 Å². The van der Waals surface area contributed by atoms with Crippen molar-refractivity contribution in [3.05, 3.63) is 35.4 Å². The van der Waals surface area contributed by atoms with Crippen molar-refractivity contribution in [2.45, 2.75) is 32.2 Å². The van der Waals surface area contributed by atoms with Crippen LogP contribution in [0, 0.1) is 6.92 Å². The number of nitrogens with one attached hydrogen (secondary N) is 1. The first-order valence-electron chi connectivity index (χ1n) is 7.14. The molecule has 4 nitrogen and oxygen atoms in total. The highest BCUT2D eigenvalue weighted by molar-refractivity contribution is 5.97. The number of carbonyl (C=O) groups is 2. The number of hydrogen-bond acceptors (Lipinski definition) is 3. The Bertz CT molecular complexity index is 476. The predicted molar refractivity (Wildman–Crippen MR) is 78.8 cm³/mol. The normalized spacial score (nSPS) is 18.0. The van der Waals surface area contributed by atoms with Gasteiger partial charge in [0, 0.05) is 38.0 Å². The maximum absolute atomic E-state index is 12.1. The summed E-state index contributed by atoms with van der Waals surface area (Å²) in [5, 5.41) is 3.24. The van der Waals surface area contributed by atoms with Crippen LogP contribution in [0.3, 0.4) is 0 Å². The molecule has 1 fully saturated rings. The molecule has 1 saturated heterocycles. The maximum Gasteiger partial charge on any atom is 0.223 e. The number of Topliss-reactive ketones (excluding diaryl/α,β-unsaturated/α-hetero) is 1. The van der Waals surface area contributed by atoms with Crippen molar-refractivity contribution in [2.24, 2.45) is 0 Å². The highest BCUT2D eigenvalue weighted by Gasteiger charge is 2.23. The van der Waals surface area contributed by atoms with E-state index < -0.39 is 0 Å². The Balaban J connectivity index is 1.83. The predicted octanol–water partition coefficient (Wildman–Crippen LogP) is 1.78. The van der Waals surface area contributed by atoms with Crippen molar-refractivity contribution in [3.63, 3.8) is 0 Å². The van der Waals surface area contributed by atoms with Gasteiger partial charge in [-0.25, -0.2) is 0 Å². The number of amides is 1. The standard InChI is InChI=1S/C16H22N2O2/c1-12-3-5-13(6-4-12)15(19)7-8-16(20)18(2)14-9-10-17-11-14/h3-6,14,17H,7-11H2,1-2H3. The van der Waals surface area contributed by atoms with Gasteiger partial charge in [0.15, 0.2) is 5.78 Å². The topological polar surface area (TPSA) is 49.4 Å². The van der Waals surface area contributed by atoms with Crippen molar-refractivity contribution in [1.82, 2.24) is 10.2 Å². The van der Waals surface area contributed by atoms with E-state index in [1.807, 2.05) is 38.2 Å². The minimum Gasteiger partial charge on any atom is -0.341 e. The van der Waals surface area contributed by atoms with Crippen LogP contribution >= 0.6 is 0 Å². The molecule has 1 amide bonds. The smallest absolute Gasteiger partial charge is 0.223 e. The molecule has 0 radical (unpaired) electrons. The second kappa shape index (κ2) is 6.66. The molecule has 1 unspecified atom stereocenters. The summed E-state index contributed by atoms with van der Waals surface area (Å²) in [7, 11) is 1.83. The fraction of sp³-hybridized carbons (Fsp3) is 0.500. The van der Waals surface area contributed by atoms with Crippen molar-refractivity contribution in [3.8, 4) is 0 Å². The van der Waals surface area contributed by atoms with Crippen LogP contribution < -0.4 is 5.32 Å². The van der Waals surface area contributed by atoms with Crippen LogP contribution in [-0.2, 0) is 4.79 Å². The molecule has 0 spiro atoms. The van der Waals surface area contributed by atoms with Gasteiger partial charge in [-0.15, -0.1) is 0 Å². The van der Waals surface area contributed by atoms with Crippen LogP contribution in [0.2, 0.25) is 0 Å². The van der Waals surface area contributed by atoms with Crippen molar-refractivity contribution < 1.29 is 9.59 Å². The van der Waals surface area contributed by atoms with Crippen molar-refractivity contribution >= 4 is 11.7 Å². The SMILES string of the molecule is Cc1ccc(C(=O)CCC(=O)N(C)C2CCNC2)cc1. The monoisotopic (exact) mass is 274 g/mol. The van der Waals surface area contributed by atoms with E-state index in [4.69, 9.17) is 0 Å². The number of carbonyl (C=O) groups excluding carboxylic acids is 2. The summed E-state index contributed by atoms with van der Waals surface area (Å²) in [4.78, 5) is 25.9. The molecule has 108 valence electrons. The van der Waals surface area contributed by atoms with E-state index >= 15 is 0 Å². The average Bonchev–Trinajstić information content (AvgIpc) is 2.98. The first-order valence-corrected chi connectivity index (χ1v) is 7.14. The van der Waals surface area contributed by atoms with Crippen LogP contribution in [0.5, 0.6) is 0 Å². The number of aryl methyl sites for hydroxylation is 1. The molecular weight excluding hydrogens is 252 g/mol. The van der Waals surface area contributed by atoms with Gasteiger partial charge in [-0.1, -0.05) is 29.8 Å². The Labute approximate surface area is 120 Å². The van der Waals surface area contributed by atoms with E-state index in [1.165, 1.54) is 0 Å². The van der Waals surface area contributed by atoms with Gasteiger partial charge in [0.25, 0.3) is 0 Å². The second-order valence-electron chi connectivity index (χ2n) is 5.44. The van der Waals surface area contributed by atoms with Gasteiger partial charge in [-0.3, -0.25) is 9.59 Å². The highest BCUT2D eigenvalue weighted by Crippen LogP contribution is 2.11. The quantitative estimate of drug-likeness (QED) is 0.833. The number of benzene rings is 1. The highest BCUT2D eigenvalue weighted by atomic mass is 16.2. The fourth-order valence-corrected chi connectivity index (χ4v) is 2.45. The van der Waals surface area contributed by atoms with E-state index in [1.54, 1.807) is 4.90 Å². The van der Waals surface area contributed by atoms with Crippen LogP contribution in [0.15, 0.2) is 24.3 Å². The van der Waals surface area contributed by atoms with Gasteiger partial charge < -0.3 is 10.2 Å². The molecule has 1 aromatic rings. The van der Waals surface area contributed by atoms with Gasteiger partial charge in [-0.05, 0) is 19.9 Å². The maximum atomic E-state index is 12.1. The molecule has 2 rings (SSSR count). The third kappa shape index (κ3) is 3.67. The van der Waals surface area contributed by atoms with Crippen LogP contribution in [0.4, 0.5) is 0 Å². The molecular formula is C16H22N2O2. The minimum absolute atomic E-state index is 0.0382. The lowest BCUT2D eigenvalue weighted by Crippen LogP contribution is -2.38. The molecule has 1 aliphatic heterocycles. The molecule has 20 heavy (non-hydrogen) atoms. The molecule has 0 saturated carbocycles. The van der Waals surface area contributed by atoms with Crippen molar-refractivity contribution in [1.29, 1.82) is 0 Å². The zero-order chi connectivity index (χ0) is 14.5. The van der Waals surface area contributed by atoms with E-state index in [2.05, 4.69) is 5.32 Å². The van der Waals surface area contributed by atoms with Crippen LogP contribution in [0.25, 0.3) is 0 Å². The number of ketones is 1. The fourth-order valence-electron chi connectivity index (χ4n) is 2.45. The number of hydrogen-bond donors (Lipinski definition) is 1. The summed E-state index contributed by atoms with van der Waals surface area (Å²) in [6.45, 7) is 3.81. The molecule has 1 aromatic carbocycles. The largest absolute Gasteiger partial charge is 0.341 e. The van der Waals surface area contributed by atoms with Crippen LogP contribution in [-0.4, -0.2) is 42.8 Å². The van der Waals surface area contributed by atoms with E-state index in [-0.39, 0.29) is 24.2 Å². The van der Waals surface area contributed by atoms with Crippen LogP contribution in [0.1, 0.15) is 35.2 Å². The van der Waals surface area contributed by atoms with Gasteiger partial charge in [0.1, 0.15) is 0 Å². The molecule has 1 atom stereocenters. The average molecular weight is 274 g/mol. The molecule has 0 bridgehead atoms. The molecule has 1 aliphatic rings. The molecule has 1 heterocycles. The molecule has 0 aromatic heterocycles. The van der Waals surface area contributed by atoms with Gasteiger partial charge in [0.05, 0.1) is 0 Å². The van der Waals surface area contributed by atoms with Crippen molar-refractivity contribution in [2.75, 3.05) is 20.1 Å². The van der Waals surface area contributed by atoms with Gasteiger partial charge >= 0.3 is 0 Å². The Kier molecular flexibility index (Phi) is 4.90. The Morgan fingerprint density at radius 2 is 1.95 bits per heavy atom. The Hall–Kier alpha value is -1.68. The molecule has 1 N–H and O–H groups in total. The summed E-state index contributed by atoms with van der Waals surface area (Å²) >= 11 is 0. The van der Waals surface area contributed by atoms with E-state index in [9.17, 15) is 9.59 Å². The zero-order valence-electron chi connectivity index (χ0n) is 12.2. The zero-order valence-corrected chi connectivity index (χ0v) is 12.2. The van der Waals surface area contributed by atoms with E-state index in [0.29, 0.717) is 12.0 Å². The Morgan fingerprint density at radius 3 is 2.55 bits per heavy atom. The summed E-state index contributed by atoms with van der Waals surface area (Å²) < 4.78 is 0. The lowest BCUT2D eigenvalue weighted by molar-refractivity contribution is -0.131.